The molecule has 0 aliphatic carbocycles. The zero-order valence-electron chi connectivity index (χ0n) is 17.2. The van der Waals surface area contributed by atoms with E-state index in [0.717, 1.165) is 0 Å². The lowest BCUT2D eigenvalue weighted by Crippen LogP contribution is -2.30. The highest BCUT2D eigenvalue weighted by molar-refractivity contribution is 7.99. The predicted molar refractivity (Wildman–Crippen MR) is 113 cm³/mol. The number of hydrogen-bond acceptors (Lipinski definition) is 7. The van der Waals surface area contributed by atoms with Crippen molar-refractivity contribution in [2.75, 3.05) is 32.6 Å². The smallest absolute Gasteiger partial charge is 0.243 e. The van der Waals surface area contributed by atoms with Crippen molar-refractivity contribution in [1.82, 2.24) is 19.1 Å². The van der Waals surface area contributed by atoms with Crippen LogP contribution in [0.25, 0.3) is 11.4 Å². The van der Waals surface area contributed by atoms with Gasteiger partial charge in [0.2, 0.25) is 10.0 Å². The Kier molecular flexibility index (Phi) is 8.64. The van der Waals surface area contributed by atoms with E-state index in [0.29, 0.717) is 48.4 Å². The summed E-state index contributed by atoms with van der Waals surface area (Å²) >= 11 is 1.45. The van der Waals surface area contributed by atoms with Gasteiger partial charge in [-0.05, 0) is 19.1 Å². The average molecular weight is 438 g/mol. The molecule has 0 aliphatic rings. The molecule has 0 aliphatic heterocycles. The van der Waals surface area contributed by atoms with E-state index in [2.05, 4.69) is 16.3 Å². The summed E-state index contributed by atoms with van der Waals surface area (Å²) in [6.45, 7) is 6.89. The van der Waals surface area contributed by atoms with Crippen LogP contribution < -0.4 is 0 Å². The van der Waals surface area contributed by atoms with E-state index < -0.39 is 10.0 Å². The van der Waals surface area contributed by atoms with Crippen LogP contribution in [0.5, 0.6) is 0 Å². The van der Waals surface area contributed by atoms with Gasteiger partial charge >= 0.3 is 0 Å². The van der Waals surface area contributed by atoms with Crippen LogP contribution >= 0.6 is 11.8 Å². The second-order valence-electron chi connectivity index (χ2n) is 6.35. The molecule has 1 heterocycles. The van der Waals surface area contributed by atoms with Crippen LogP contribution in [0, 0.1) is 11.3 Å². The first-order chi connectivity index (χ1) is 13.9. The monoisotopic (exact) mass is 437 g/mol. The molecule has 1 atom stereocenters. The number of aromatic nitrogens is 3. The molecule has 8 nitrogen and oxygen atoms in total. The van der Waals surface area contributed by atoms with E-state index in [1.165, 1.54) is 16.1 Å². The van der Waals surface area contributed by atoms with E-state index in [1.54, 1.807) is 25.3 Å². The van der Waals surface area contributed by atoms with Crippen molar-refractivity contribution in [3.63, 3.8) is 0 Å². The highest BCUT2D eigenvalue weighted by Crippen LogP contribution is 2.30. The molecule has 2 aromatic rings. The van der Waals surface area contributed by atoms with Crippen molar-refractivity contribution in [1.29, 1.82) is 5.26 Å². The van der Waals surface area contributed by atoms with Gasteiger partial charge in [-0.2, -0.15) is 9.57 Å². The number of nitriles is 1. The molecule has 0 amide bonds. The molecule has 1 unspecified atom stereocenters. The molecule has 29 heavy (non-hydrogen) atoms. The number of ether oxygens (including phenoxy) is 1. The highest BCUT2D eigenvalue weighted by Gasteiger charge is 2.24. The van der Waals surface area contributed by atoms with Crippen molar-refractivity contribution in [2.45, 2.75) is 43.3 Å². The Morgan fingerprint density at radius 2 is 2.03 bits per heavy atom. The fourth-order valence-electron chi connectivity index (χ4n) is 2.98. The second kappa shape index (κ2) is 10.7. The van der Waals surface area contributed by atoms with Crippen LogP contribution in [0.2, 0.25) is 0 Å². The van der Waals surface area contributed by atoms with Gasteiger partial charge in [-0.3, -0.25) is 4.57 Å². The Labute approximate surface area is 176 Å². The highest BCUT2D eigenvalue weighted by atomic mass is 32.2. The minimum Gasteiger partial charge on any atom is -0.383 e. The predicted octanol–water partition coefficient (Wildman–Crippen LogP) is 3.19. The van der Waals surface area contributed by atoms with Gasteiger partial charge in [0, 0.05) is 37.9 Å². The lowest BCUT2D eigenvalue weighted by atomic mass is 10.2. The molecule has 0 fully saturated rings. The fraction of sp³-hybridized carbons (Fsp3) is 0.526. The second-order valence-corrected chi connectivity index (χ2v) is 9.35. The van der Waals surface area contributed by atoms with Crippen LogP contribution in [0.3, 0.4) is 0 Å². The number of rotatable bonds is 11. The van der Waals surface area contributed by atoms with Gasteiger partial charge in [-0.15, -0.1) is 10.2 Å². The molecule has 158 valence electrons. The fourth-order valence-corrected chi connectivity index (χ4v) is 5.37. The van der Waals surface area contributed by atoms with E-state index in [9.17, 15) is 8.42 Å². The summed E-state index contributed by atoms with van der Waals surface area (Å²) in [6.07, 6.45) is 0.406. The Balaban J connectivity index is 2.50. The van der Waals surface area contributed by atoms with Gasteiger partial charge in [-0.25, -0.2) is 8.42 Å². The summed E-state index contributed by atoms with van der Waals surface area (Å²) in [5, 5.41) is 18.1. The maximum absolute atomic E-state index is 12.9. The van der Waals surface area contributed by atoms with Crippen LogP contribution in [0.1, 0.15) is 33.2 Å². The van der Waals surface area contributed by atoms with Crippen molar-refractivity contribution >= 4 is 21.8 Å². The zero-order valence-corrected chi connectivity index (χ0v) is 18.8. The molecule has 0 bridgehead atoms. The van der Waals surface area contributed by atoms with Gasteiger partial charge in [0.15, 0.2) is 11.0 Å². The molecule has 1 aromatic carbocycles. The van der Waals surface area contributed by atoms with Crippen molar-refractivity contribution in [3.8, 4) is 17.5 Å². The van der Waals surface area contributed by atoms with Crippen molar-refractivity contribution in [2.24, 2.45) is 0 Å². The molecule has 0 saturated heterocycles. The number of methoxy groups -OCH3 is 1. The van der Waals surface area contributed by atoms with Crippen molar-refractivity contribution < 1.29 is 13.2 Å². The maximum atomic E-state index is 12.9. The molecule has 1 aromatic heterocycles. The Morgan fingerprint density at radius 3 is 2.66 bits per heavy atom. The molecule has 2 rings (SSSR count). The standard InChI is InChI=1S/C19H27N5O3S2/c1-5-23(6-2)29(25,26)17-10-7-9-16(13-17)18-21-22-19(28-12-8-11-20)24(18)15(3)14-27-4/h7,9-10,13,15H,5-6,8,12,14H2,1-4H3. The SMILES string of the molecule is CCN(CC)S(=O)(=O)c1cccc(-c2nnc(SCCC#N)n2C(C)COC)c1. The van der Waals surface area contributed by atoms with E-state index in [-0.39, 0.29) is 10.9 Å². The van der Waals surface area contributed by atoms with Crippen LogP contribution in [-0.2, 0) is 14.8 Å². The molecule has 0 radical (unpaired) electrons. The first-order valence-corrected chi connectivity index (χ1v) is 11.9. The summed E-state index contributed by atoms with van der Waals surface area (Å²) in [6, 6.07) is 8.84. The lowest BCUT2D eigenvalue weighted by molar-refractivity contribution is 0.159. The van der Waals surface area contributed by atoms with E-state index in [1.807, 2.05) is 31.4 Å². The van der Waals surface area contributed by atoms with Gasteiger partial charge in [0.05, 0.1) is 23.6 Å². The molecule has 0 spiro atoms. The third-order valence-electron chi connectivity index (χ3n) is 4.39. The number of nitrogens with zero attached hydrogens (tertiary/aromatic N) is 5. The number of hydrogen-bond donors (Lipinski definition) is 0. The van der Waals surface area contributed by atoms with Crippen LogP contribution in [-0.4, -0.2) is 60.0 Å². The van der Waals surface area contributed by atoms with Crippen LogP contribution in [0.4, 0.5) is 0 Å². The van der Waals surface area contributed by atoms with Gasteiger partial charge in [0.25, 0.3) is 0 Å². The number of benzene rings is 1. The number of sulfonamides is 1. The Bertz CT molecular complexity index is 949. The molecule has 10 heteroatoms. The lowest BCUT2D eigenvalue weighted by Gasteiger charge is -2.19. The third kappa shape index (κ3) is 5.36. The normalized spacial score (nSPS) is 12.8. The zero-order chi connectivity index (χ0) is 21.4. The Morgan fingerprint density at radius 1 is 1.31 bits per heavy atom. The minimum atomic E-state index is -3.58. The van der Waals surface area contributed by atoms with E-state index >= 15 is 0 Å². The maximum Gasteiger partial charge on any atom is 0.243 e. The summed E-state index contributed by atoms with van der Waals surface area (Å²) in [4.78, 5) is 0.228. The Hall–Kier alpha value is -1.93. The largest absolute Gasteiger partial charge is 0.383 e. The molecule has 0 saturated carbocycles. The molecule has 0 N–H and O–H groups in total. The summed E-state index contributed by atoms with van der Waals surface area (Å²) in [7, 11) is -1.95. The minimum absolute atomic E-state index is 0.0577. The molecular formula is C19H27N5O3S2. The third-order valence-corrected chi connectivity index (χ3v) is 7.38. The topological polar surface area (TPSA) is 101 Å². The van der Waals surface area contributed by atoms with Gasteiger partial charge in [-0.1, -0.05) is 37.7 Å². The summed E-state index contributed by atoms with van der Waals surface area (Å²) < 4.78 is 34.5. The first-order valence-electron chi connectivity index (χ1n) is 9.44. The van der Waals surface area contributed by atoms with E-state index in [4.69, 9.17) is 10.00 Å². The summed E-state index contributed by atoms with van der Waals surface area (Å²) in [5.41, 5.74) is 0.667. The first kappa shape index (κ1) is 23.3. The van der Waals surface area contributed by atoms with Gasteiger partial charge < -0.3 is 4.74 Å². The quantitative estimate of drug-likeness (QED) is 0.393. The van der Waals surface area contributed by atoms with Crippen LogP contribution in [0.15, 0.2) is 34.3 Å². The van der Waals surface area contributed by atoms with Gasteiger partial charge in [0.1, 0.15) is 0 Å². The van der Waals surface area contributed by atoms with Crippen molar-refractivity contribution in [3.05, 3.63) is 24.3 Å². The molecular weight excluding hydrogens is 410 g/mol. The average Bonchev–Trinajstić information content (AvgIpc) is 3.13. The summed E-state index contributed by atoms with van der Waals surface area (Å²) in [5.74, 6) is 1.18. The number of thioether (sulfide) groups is 1.